The van der Waals surface area contributed by atoms with Crippen molar-refractivity contribution in [3.63, 3.8) is 0 Å². The number of esters is 1. The summed E-state index contributed by atoms with van der Waals surface area (Å²) in [7, 11) is 0. The molecule has 0 aliphatic heterocycles. The Morgan fingerprint density at radius 2 is 1.96 bits per heavy atom. The van der Waals surface area contributed by atoms with Crippen LogP contribution in [0.25, 0.3) is 10.9 Å². The number of aromatic nitrogens is 2. The van der Waals surface area contributed by atoms with Crippen LogP contribution in [-0.4, -0.2) is 29.1 Å². The Hall–Kier alpha value is -3.16. The van der Waals surface area contributed by atoms with Crippen LogP contribution in [0.15, 0.2) is 54.9 Å². The third kappa shape index (κ3) is 4.27. The maximum atomic E-state index is 12.5. The van der Waals surface area contributed by atoms with Gasteiger partial charge in [-0.3, -0.25) is 4.98 Å². The van der Waals surface area contributed by atoms with E-state index in [-0.39, 0.29) is 19.0 Å². The predicted octanol–water partition coefficient (Wildman–Crippen LogP) is 3.92. The van der Waals surface area contributed by atoms with Gasteiger partial charge in [-0.05, 0) is 36.4 Å². The Morgan fingerprint density at radius 1 is 1.12 bits per heavy atom. The molecule has 0 radical (unpaired) electrons. The van der Waals surface area contributed by atoms with Crippen LogP contribution in [0.1, 0.15) is 15.9 Å². The van der Waals surface area contributed by atoms with Gasteiger partial charge in [0.1, 0.15) is 12.4 Å². The summed E-state index contributed by atoms with van der Waals surface area (Å²) in [6.07, 6.45) is -2.00. The minimum absolute atomic E-state index is 0.0482. The summed E-state index contributed by atoms with van der Waals surface area (Å²) in [6, 6.07) is 10.8. The second kappa shape index (κ2) is 7.38. The maximum Gasteiger partial charge on any atom is 0.417 e. The lowest BCUT2D eigenvalue weighted by atomic mass is 10.1. The number of hydrogen-bond donors (Lipinski definition) is 1. The van der Waals surface area contributed by atoms with Crippen LogP contribution in [0, 0.1) is 0 Å². The number of carbonyl (C=O) groups excluding carboxylic acids is 1. The SMILES string of the molecule is O=C(OCCNc1ccc(C(F)(F)F)cn1)c1ccc2ncccc2c1. The molecule has 1 aromatic carbocycles. The fraction of sp³-hybridized carbons (Fsp3) is 0.167. The minimum Gasteiger partial charge on any atom is -0.460 e. The third-order valence-electron chi connectivity index (χ3n) is 3.57. The van der Waals surface area contributed by atoms with Gasteiger partial charge in [-0.25, -0.2) is 9.78 Å². The van der Waals surface area contributed by atoms with E-state index in [0.717, 1.165) is 23.2 Å². The Morgan fingerprint density at radius 3 is 2.69 bits per heavy atom. The molecular formula is C18H14F3N3O2. The monoisotopic (exact) mass is 361 g/mol. The average Bonchev–Trinajstić information content (AvgIpc) is 2.64. The molecule has 0 spiro atoms. The van der Waals surface area contributed by atoms with E-state index in [9.17, 15) is 18.0 Å². The molecule has 0 atom stereocenters. The van der Waals surface area contributed by atoms with Gasteiger partial charge in [-0.15, -0.1) is 0 Å². The topological polar surface area (TPSA) is 64.1 Å². The second-order valence-electron chi connectivity index (χ2n) is 5.40. The zero-order valence-corrected chi connectivity index (χ0v) is 13.5. The maximum absolute atomic E-state index is 12.5. The summed E-state index contributed by atoms with van der Waals surface area (Å²) in [5, 5.41) is 3.62. The van der Waals surface area contributed by atoms with E-state index in [2.05, 4.69) is 15.3 Å². The van der Waals surface area contributed by atoms with Crippen molar-refractivity contribution in [3.8, 4) is 0 Å². The highest BCUT2D eigenvalue weighted by Gasteiger charge is 2.30. The summed E-state index contributed by atoms with van der Waals surface area (Å²) in [5.41, 5.74) is 0.359. The van der Waals surface area contributed by atoms with Gasteiger partial charge in [-0.1, -0.05) is 6.07 Å². The van der Waals surface area contributed by atoms with Gasteiger partial charge < -0.3 is 10.1 Å². The Bertz CT molecular complexity index is 911. The number of ether oxygens (including phenoxy) is 1. The summed E-state index contributed by atoms with van der Waals surface area (Å²) in [6.45, 7) is 0.270. The summed E-state index contributed by atoms with van der Waals surface area (Å²) in [5.74, 6) is -0.219. The fourth-order valence-corrected chi connectivity index (χ4v) is 2.27. The van der Waals surface area contributed by atoms with E-state index < -0.39 is 17.7 Å². The lowest BCUT2D eigenvalue weighted by Crippen LogP contribution is -2.15. The number of halogens is 3. The quantitative estimate of drug-likeness (QED) is 0.551. The molecule has 2 aromatic heterocycles. The Balaban J connectivity index is 1.50. The zero-order chi connectivity index (χ0) is 18.6. The molecular weight excluding hydrogens is 347 g/mol. The number of pyridine rings is 2. The van der Waals surface area contributed by atoms with Crippen molar-refractivity contribution < 1.29 is 22.7 Å². The van der Waals surface area contributed by atoms with Gasteiger partial charge in [0, 0.05) is 17.8 Å². The zero-order valence-electron chi connectivity index (χ0n) is 13.5. The molecule has 3 rings (SSSR count). The third-order valence-corrected chi connectivity index (χ3v) is 3.57. The smallest absolute Gasteiger partial charge is 0.417 e. The number of rotatable bonds is 5. The van der Waals surface area contributed by atoms with Crippen LogP contribution in [0.5, 0.6) is 0 Å². The molecule has 0 unspecified atom stereocenters. The number of benzene rings is 1. The number of nitrogens with one attached hydrogen (secondary N) is 1. The molecule has 1 N–H and O–H groups in total. The standard InChI is InChI=1S/C18H14F3N3O2/c19-18(20,21)14-4-6-16(24-11-14)23-8-9-26-17(25)13-3-5-15-12(10-13)2-1-7-22-15/h1-7,10-11H,8-9H2,(H,23,24). The van der Waals surface area contributed by atoms with Crippen LogP contribution in [0.3, 0.4) is 0 Å². The number of fused-ring (bicyclic) bond motifs is 1. The van der Waals surface area contributed by atoms with Crippen LogP contribution < -0.4 is 5.32 Å². The lowest BCUT2D eigenvalue weighted by molar-refractivity contribution is -0.137. The first kappa shape index (κ1) is 17.7. The van der Waals surface area contributed by atoms with Crippen molar-refractivity contribution in [1.82, 2.24) is 9.97 Å². The van der Waals surface area contributed by atoms with Gasteiger partial charge in [0.25, 0.3) is 0 Å². The Kier molecular flexibility index (Phi) is 5.01. The van der Waals surface area contributed by atoms with Crippen LogP contribution in [0.2, 0.25) is 0 Å². The number of anilines is 1. The Labute approximate surface area is 146 Å². The summed E-state index contributed by atoms with van der Waals surface area (Å²) < 4.78 is 42.5. The first-order valence-electron chi connectivity index (χ1n) is 7.72. The number of nitrogens with zero attached hydrogens (tertiary/aromatic N) is 2. The molecule has 0 aliphatic rings. The lowest BCUT2D eigenvalue weighted by Gasteiger charge is -2.09. The molecule has 0 aliphatic carbocycles. The van der Waals surface area contributed by atoms with Crippen molar-refractivity contribution >= 4 is 22.7 Å². The van der Waals surface area contributed by atoms with Gasteiger partial charge in [-0.2, -0.15) is 13.2 Å². The van der Waals surface area contributed by atoms with Crippen LogP contribution in [-0.2, 0) is 10.9 Å². The van der Waals surface area contributed by atoms with E-state index in [0.29, 0.717) is 5.56 Å². The summed E-state index contributed by atoms with van der Waals surface area (Å²) in [4.78, 5) is 19.9. The van der Waals surface area contributed by atoms with E-state index in [4.69, 9.17) is 4.74 Å². The van der Waals surface area contributed by atoms with Crippen molar-refractivity contribution in [2.45, 2.75) is 6.18 Å². The van der Waals surface area contributed by atoms with Crippen LogP contribution >= 0.6 is 0 Å². The van der Waals surface area contributed by atoms with Gasteiger partial charge in [0.05, 0.1) is 23.2 Å². The highest BCUT2D eigenvalue weighted by molar-refractivity contribution is 5.94. The predicted molar refractivity (Wildman–Crippen MR) is 89.8 cm³/mol. The largest absolute Gasteiger partial charge is 0.460 e. The number of hydrogen-bond acceptors (Lipinski definition) is 5. The molecule has 0 amide bonds. The van der Waals surface area contributed by atoms with E-state index >= 15 is 0 Å². The van der Waals surface area contributed by atoms with Crippen molar-refractivity contribution in [3.05, 3.63) is 66.0 Å². The number of alkyl halides is 3. The molecule has 0 saturated carbocycles. The van der Waals surface area contributed by atoms with Gasteiger partial charge >= 0.3 is 12.1 Å². The van der Waals surface area contributed by atoms with Crippen LogP contribution in [0.4, 0.5) is 19.0 Å². The number of carbonyl (C=O) groups is 1. The van der Waals surface area contributed by atoms with E-state index in [1.807, 2.05) is 6.07 Å². The summed E-state index contributed by atoms with van der Waals surface area (Å²) >= 11 is 0. The highest BCUT2D eigenvalue weighted by atomic mass is 19.4. The van der Waals surface area contributed by atoms with E-state index in [1.165, 1.54) is 6.07 Å². The molecule has 134 valence electrons. The molecule has 0 saturated heterocycles. The van der Waals surface area contributed by atoms with Crippen molar-refractivity contribution in [2.75, 3.05) is 18.5 Å². The molecule has 26 heavy (non-hydrogen) atoms. The minimum atomic E-state index is -4.42. The van der Waals surface area contributed by atoms with Gasteiger partial charge in [0.15, 0.2) is 0 Å². The average molecular weight is 361 g/mol. The molecule has 0 bridgehead atoms. The van der Waals surface area contributed by atoms with Crippen molar-refractivity contribution in [2.24, 2.45) is 0 Å². The molecule has 0 fully saturated rings. The molecule has 2 heterocycles. The second-order valence-corrected chi connectivity index (χ2v) is 5.40. The molecule has 5 nitrogen and oxygen atoms in total. The normalized spacial score (nSPS) is 11.3. The van der Waals surface area contributed by atoms with E-state index in [1.54, 1.807) is 30.5 Å². The molecule has 8 heteroatoms. The van der Waals surface area contributed by atoms with Crippen molar-refractivity contribution in [1.29, 1.82) is 0 Å². The molecule has 3 aromatic rings. The first-order chi connectivity index (χ1) is 12.4. The van der Waals surface area contributed by atoms with Gasteiger partial charge in [0.2, 0.25) is 0 Å². The fourth-order valence-electron chi connectivity index (χ4n) is 2.27. The first-order valence-corrected chi connectivity index (χ1v) is 7.72. The highest BCUT2D eigenvalue weighted by Crippen LogP contribution is 2.28.